The molecule has 0 radical (unpaired) electrons. The van der Waals surface area contributed by atoms with Crippen LogP contribution in [0.2, 0.25) is 0 Å². The molecule has 1 aliphatic rings. The lowest BCUT2D eigenvalue weighted by molar-refractivity contribution is 0.281. The molecule has 2 nitrogen and oxygen atoms in total. The highest BCUT2D eigenvalue weighted by molar-refractivity contribution is 5.54. The molecule has 0 atom stereocenters. The molecule has 1 aromatic rings. The number of nitrogens with zero attached hydrogens (tertiary/aromatic N) is 1. The molecule has 2 rings (SSSR count). The Hall–Kier alpha value is -1.09. The van der Waals surface area contributed by atoms with E-state index in [2.05, 4.69) is 11.8 Å². The summed E-state index contributed by atoms with van der Waals surface area (Å²) in [6.45, 7) is 2.93. The molecule has 0 unspecified atom stereocenters. The molecule has 1 aliphatic carbocycles. The molecule has 0 amide bonds. The SMILES string of the molecule is CCN(c1ccc(F)cc1CO)C1CCCCC1. The minimum absolute atomic E-state index is 0.101. The molecule has 1 aromatic carbocycles. The van der Waals surface area contributed by atoms with Gasteiger partial charge in [-0.25, -0.2) is 4.39 Å². The van der Waals surface area contributed by atoms with Crippen LogP contribution in [0.5, 0.6) is 0 Å². The van der Waals surface area contributed by atoms with Crippen LogP contribution in [0.4, 0.5) is 10.1 Å². The van der Waals surface area contributed by atoms with Crippen molar-refractivity contribution in [2.45, 2.75) is 51.7 Å². The fourth-order valence-corrected chi connectivity index (χ4v) is 2.98. The largest absolute Gasteiger partial charge is 0.392 e. The standard InChI is InChI=1S/C15H22FNO/c1-2-17(14-6-4-3-5-7-14)15-9-8-13(16)10-12(15)11-18/h8-10,14,18H,2-7,11H2,1H3. The van der Waals surface area contributed by atoms with E-state index in [1.54, 1.807) is 6.07 Å². The van der Waals surface area contributed by atoms with Crippen molar-refractivity contribution in [3.63, 3.8) is 0 Å². The maximum atomic E-state index is 13.2. The third kappa shape index (κ3) is 2.83. The normalized spacial score (nSPS) is 16.8. The van der Waals surface area contributed by atoms with Gasteiger partial charge in [0.15, 0.2) is 0 Å². The van der Waals surface area contributed by atoms with E-state index < -0.39 is 0 Å². The Morgan fingerprint density at radius 1 is 1.28 bits per heavy atom. The van der Waals surface area contributed by atoms with E-state index in [0.717, 1.165) is 12.2 Å². The zero-order valence-corrected chi connectivity index (χ0v) is 11.0. The van der Waals surface area contributed by atoms with E-state index >= 15 is 0 Å². The molecular formula is C15H22FNO. The van der Waals surface area contributed by atoms with Crippen LogP contribution in [-0.2, 0) is 6.61 Å². The number of hydrogen-bond acceptors (Lipinski definition) is 2. The number of aliphatic hydroxyl groups is 1. The van der Waals surface area contributed by atoms with Gasteiger partial charge in [-0.2, -0.15) is 0 Å². The highest BCUT2D eigenvalue weighted by Gasteiger charge is 2.22. The Morgan fingerprint density at radius 2 is 2.00 bits per heavy atom. The van der Waals surface area contributed by atoms with Crippen molar-refractivity contribution < 1.29 is 9.50 Å². The molecule has 100 valence electrons. The maximum absolute atomic E-state index is 13.2. The molecule has 0 heterocycles. The van der Waals surface area contributed by atoms with Crippen LogP contribution < -0.4 is 4.90 Å². The van der Waals surface area contributed by atoms with E-state index in [1.807, 2.05) is 0 Å². The number of aliphatic hydroxyl groups excluding tert-OH is 1. The third-order valence-electron chi connectivity index (χ3n) is 3.88. The molecule has 1 fully saturated rings. The van der Waals surface area contributed by atoms with Crippen molar-refractivity contribution >= 4 is 5.69 Å². The summed E-state index contributed by atoms with van der Waals surface area (Å²) in [5.41, 5.74) is 1.69. The molecule has 1 saturated carbocycles. The number of hydrogen-bond donors (Lipinski definition) is 1. The van der Waals surface area contributed by atoms with Gasteiger partial charge in [-0.05, 0) is 38.0 Å². The zero-order valence-electron chi connectivity index (χ0n) is 11.0. The first-order valence-electron chi connectivity index (χ1n) is 6.92. The Morgan fingerprint density at radius 3 is 2.61 bits per heavy atom. The fraction of sp³-hybridized carbons (Fsp3) is 0.600. The van der Waals surface area contributed by atoms with Gasteiger partial charge in [-0.15, -0.1) is 0 Å². The maximum Gasteiger partial charge on any atom is 0.123 e. The van der Waals surface area contributed by atoms with Gasteiger partial charge in [0.25, 0.3) is 0 Å². The molecular weight excluding hydrogens is 229 g/mol. The van der Waals surface area contributed by atoms with Gasteiger partial charge in [0.05, 0.1) is 6.61 Å². The van der Waals surface area contributed by atoms with Gasteiger partial charge < -0.3 is 10.0 Å². The first-order chi connectivity index (χ1) is 8.76. The summed E-state index contributed by atoms with van der Waals surface area (Å²) >= 11 is 0. The van der Waals surface area contributed by atoms with Crippen LogP contribution in [0.25, 0.3) is 0 Å². The monoisotopic (exact) mass is 251 g/mol. The molecule has 18 heavy (non-hydrogen) atoms. The second kappa shape index (κ2) is 6.19. The summed E-state index contributed by atoms with van der Waals surface area (Å²) in [5.74, 6) is -0.275. The minimum Gasteiger partial charge on any atom is -0.392 e. The van der Waals surface area contributed by atoms with E-state index in [9.17, 15) is 9.50 Å². The van der Waals surface area contributed by atoms with Gasteiger partial charge in [0, 0.05) is 23.8 Å². The van der Waals surface area contributed by atoms with E-state index in [-0.39, 0.29) is 12.4 Å². The van der Waals surface area contributed by atoms with Crippen molar-refractivity contribution in [1.29, 1.82) is 0 Å². The van der Waals surface area contributed by atoms with E-state index in [1.165, 1.54) is 44.2 Å². The topological polar surface area (TPSA) is 23.5 Å². The van der Waals surface area contributed by atoms with Crippen molar-refractivity contribution in [1.82, 2.24) is 0 Å². The van der Waals surface area contributed by atoms with Gasteiger partial charge in [-0.1, -0.05) is 19.3 Å². The van der Waals surface area contributed by atoms with Crippen molar-refractivity contribution in [3.05, 3.63) is 29.6 Å². The predicted molar refractivity (Wildman–Crippen MR) is 72.2 cm³/mol. The average molecular weight is 251 g/mol. The van der Waals surface area contributed by atoms with Gasteiger partial charge in [-0.3, -0.25) is 0 Å². The first-order valence-corrected chi connectivity index (χ1v) is 6.92. The molecule has 3 heteroatoms. The zero-order chi connectivity index (χ0) is 13.0. The Labute approximate surface area is 108 Å². The minimum atomic E-state index is -0.275. The molecule has 0 aliphatic heterocycles. The van der Waals surface area contributed by atoms with Crippen molar-refractivity contribution in [2.75, 3.05) is 11.4 Å². The van der Waals surface area contributed by atoms with Gasteiger partial charge in [0.2, 0.25) is 0 Å². The van der Waals surface area contributed by atoms with E-state index in [4.69, 9.17) is 0 Å². The number of rotatable bonds is 4. The summed E-state index contributed by atoms with van der Waals surface area (Å²) in [6.07, 6.45) is 6.28. The lowest BCUT2D eigenvalue weighted by atomic mass is 9.93. The van der Waals surface area contributed by atoms with Crippen LogP contribution in [0.3, 0.4) is 0 Å². The number of benzene rings is 1. The van der Waals surface area contributed by atoms with Crippen LogP contribution >= 0.6 is 0 Å². The Kier molecular flexibility index (Phi) is 4.59. The molecule has 1 N–H and O–H groups in total. The first kappa shape index (κ1) is 13.3. The van der Waals surface area contributed by atoms with Crippen LogP contribution in [0, 0.1) is 5.82 Å². The van der Waals surface area contributed by atoms with Gasteiger partial charge in [0.1, 0.15) is 5.82 Å². The van der Waals surface area contributed by atoms with Crippen LogP contribution in [0.15, 0.2) is 18.2 Å². The summed E-state index contributed by atoms with van der Waals surface area (Å²) in [7, 11) is 0. The summed E-state index contributed by atoms with van der Waals surface area (Å²) in [4.78, 5) is 2.32. The lowest BCUT2D eigenvalue weighted by Crippen LogP contribution is -2.37. The summed E-state index contributed by atoms with van der Waals surface area (Å²) in [5, 5.41) is 9.39. The Bertz CT molecular complexity index is 388. The average Bonchev–Trinajstić information content (AvgIpc) is 2.42. The predicted octanol–water partition coefficient (Wildman–Crippen LogP) is 3.48. The van der Waals surface area contributed by atoms with Crippen molar-refractivity contribution in [2.24, 2.45) is 0 Å². The summed E-state index contributed by atoms with van der Waals surface area (Å²) in [6, 6.07) is 5.28. The quantitative estimate of drug-likeness (QED) is 0.885. The third-order valence-corrected chi connectivity index (χ3v) is 3.88. The van der Waals surface area contributed by atoms with E-state index in [0.29, 0.717) is 11.6 Å². The smallest absolute Gasteiger partial charge is 0.123 e. The van der Waals surface area contributed by atoms with Crippen LogP contribution in [-0.4, -0.2) is 17.7 Å². The molecule has 0 spiro atoms. The van der Waals surface area contributed by atoms with Crippen molar-refractivity contribution in [3.8, 4) is 0 Å². The molecule has 0 aromatic heterocycles. The van der Waals surface area contributed by atoms with Gasteiger partial charge >= 0.3 is 0 Å². The number of anilines is 1. The summed E-state index contributed by atoms with van der Waals surface area (Å²) < 4.78 is 13.2. The highest BCUT2D eigenvalue weighted by atomic mass is 19.1. The number of halogens is 1. The molecule has 0 bridgehead atoms. The second-order valence-corrected chi connectivity index (χ2v) is 5.01. The highest BCUT2D eigenvalue weighted by Crippen LogP contribution is 2.30. The molecule has 0 saturated heterocycles. The Balaban J connectivity index is 2.25. The fourth-order valence-electron chi connectivity index (χ4n) is 2.98. The lowest BCUT2D eigenvalue weighted by Gasteiger charge is -2.36. The second-order valence-electron chi connectivity index (χ2n) is 5.01. The van der Waals surface area contributed by atoms with Crippen LogP contribution in [0.1, 0.15) is 44.6 Å².